The number of hydrogen-bond acceptors (Lipinski definition) is 4. The summed E-state index contributed by atoms with van der Waals surface area (Å²) in [5.74, 6) is -0.157. The predicted molar refractivity (Wildman–Crippen MR) is 83.8 cm³/mol. The minimum absolute atomic E-state index is 0.0346. The average molecular weight is 318 g/mol. The molecule has 0 atom stereocenters. The van der Waals surface area contributed by atoms with E-state index in [1.54, 1.807) is 43.3 Å². The Labute approximate surface area is 131 Å². The van der Waals surface area contributed by atoms with Crippen LogP contribution >= 0.6 is 11.6 Å². The molecular weight excluding hydrogens is 306 g/mol. The number of benzene rings is 2. The van der Waals surface area contributed by atoms with Gasteiger partial charge in [0.25, 0.3) is 5.69 Å². The van der Waals surface area contributed by atoms with Gasteiger partial charge in [-0.05, 0) is 42.8 Å². The van der Waals surface area contributed by atoms with Crippen molar-refractivity contribution in [1.82, 2.24) is 0 Å². The van der Waals surface area contributed by atoms with Crippen molar-refractivity contribution < 1.29 is 14.5 Å². The molecule has 0 heterocycles. The first kappa shape index (κ1) is 15.7. The van der Waals surface area contributed by atoms with E-state index in [2.05, 4.69) is 0 Å². The van der Waals surface area contributed by atoms with Crippen molar-refractivity contribution >= 4 is 29.3 Å². The zero-order chi connectivity index (χ0) is 16.1. The molecule has 0 radical (unpaired) electrons. The fraction of sp³-hybridized carbons (Fsp3) is 0.0625. The van der Waals surface area contributed by atoms with E-state index in [1.807, 2.05) is 0 Å². The fourth-order valence-electron chi connectivity index (χ4n) is 1.73. The molecule has 2 aromatic rings. The van der Waals surface area contributed by atoms with Crippen LogP contribution in [0.5, 0.6) is 5.75 Å². The molecule has 0 unspecified atom stereocenters. The first-order chi connectivity index (χ1) is 10.5. The number of carbonyl (C=O) groups is 1. The van der Waals surface area contributed by atoms with Crippen molar-refractivity contribution in [2.75, 3.05) is 0 Å². The van der Waals surface area contributed by atoms with Crippen LogP contribution < -0.4 is 4.74 Å². The summed E-state index contributed by atoms with van der Waals surface area (Å²) in [7, 11) is 0. The molecule has 0 aliphatic heterocycles. The molecule has 0 fully saturated rings. The zero-order valence-electron chi connectivity index (χ0n) is 11.7. The van der Waals surface area contributed by atoms with E-state index in [1.165, 1.54) is 18.2 Å². The number of halogens is 1. The number of nitro groups is 1. The van der Waals surface area contributed by atoms with Crippen LogP contribution in [0.4, 0.5) is 5.69 Å². The minimum atomic E-state index is -0.533. The molecule has 0 bridgehead atoms. The van der Waals surface area contributed by atoms with Gasteiger partial charge in [-0.2, -0.15) is 0 Å². The predicted octanol–water partition coefficient (Wildman–Crippen LogP) is 4.26. The van der Waals surface area contributed by atoms with Crippen LogP contribution in [0.1, 0.15) is 12.5 Å². The van der Waals surface area contributed by atoms with Gasteiger partial charge in [-0.1, -0.05) is 23.7 Å². The van der Waals surface area contributed by atoms with Gasteiger partial charge < -0.3 is 4.74 Å². The summed E-state index contributed by atoms with van der Waals surface area (Å²) in [6, 6.07) is 12.4. The van der Waals surface area contributed by atoms with E-state index in [4.69, 9.17) is 16.3 Å². The van der Waals surface area contributed by atoms with Gasteiger partial charge in [-0.3, -0.25) is 10.1 Å². The second-order valence-electron chi connectivity index (χ2n) is 4.52. The van der Waals surface area contributed by atoms with Gasteiger partial charge in [-0.25, -0.2) is 4.79 Å². The number of hydrogen-bond donors (Lipinski definition) is 0. The van der Waals surface area contributed by atoms with Crippen LogP contribution in [0, 0.1) is 10.1 Å². The molecule has 0 aliphatic carbocycles. The van der Waals surface area contributed by atoms with Crippen molar-refractivity contribution in [3.63, 3.8) is 0 Å². The van der Waals surface area contributed by atoms with Gasteiger partial charge in [0.15, 0.2) is 0 Å². The number of nitro benzene ring substituents is 1. The van der Waals surface area contributed by atoms with Crippen molar-refractivity contribution in [3.8, 4) is 5.75 Å². The highest BCUT2D eigenvalue weighted by molar-refractivity contribution is 6.30. The summed E-state index contributed by atoms with van der Waals surface area (Å²) in [6.45, 7) is 1.58. The second kappa shape index (κ2) is 6.87. The SMILES string of the molecule is C/C(=C\c1cccc([N+](=O)[O-])c1)C(=O)Oc1ccc(Cl)cc1. The van der Waals surface area contributed by atoms with Gasteiger partial charge in [0.2, 0.25) is 0 Å². The van der Waals surface area contributed by atoms with Crippen LogP contribution in [-0.2, 0) is 4.79 Å². The van der Waals surface area contributed by atoms with Crippen LogP contribution in [0.15, 0.2) is 54.1 Å². The highest BCUT2D eigenvalue weighted by Crippen LogP contribution is 2.19. The Morgan fingerprint density at radius 3 is 2.55 bits per heavy atom. The van der Waals surface area contributed by atoms with E-state index < -0.39 is 10.9 Å². The summed E-state index contributed by atoms with van der Waals surface area (Å²) in [5.41, 5.74) is 0.850. The largest absolute Gasteiger partial charge is 0.423 e. The topological polar surface area (TPSA) is 69.4 Å². The average Bonchev–Trinajstić information content (AvgIpc) is 2.49. The lowest BCUT2D eigenvalue weighted by atomic mass is 10.1. The summed E-state index contributed by atoms with van der Waals surface area (Å²) < 4.78 is 5.18. The first-order valence-electron chi connectivity index (χ1n) is 6.36. The van der Waals surface area contributed by atoms with Crippen molar-refractivity contribution in [2.45, 2.75) is 6.92 Å². The third-order valence-corrected chi connectivity index (χ3v) is 3.06. The Morgan fingerprint density at radius 2 is 1.91 bits per heavy atom. The summed E-state index contributed by atoms with van der Waals surface area (Å²) in [5, 5.41) is 11.3. The maximum atomic E-state index is 12.0. The van der Waals surface area contributed by atoms with Gasteiger partial charge >= 0.3 is 5.97 Å². The molecule has 0 saturated heterocycles. The standard InChI is InChI=1S/C16H12ClNO4/c1-11(9-12-3-2-4-14(10-12)18(20)21)16(19)22-15-7-5-13(17)6-8-15/h2-10H,1H3/b11-9+. The maximum absolute atomic E-state index is 12.0. The zero-order valence-corrected chi connectivity index (χ0v) is 12.4. The monoisotopic (exact) mass is 317 g/mol. The van der Waals surface area contributed by atoms with Crippen LogP contribution in [-0.4, -0.2) is 10.9 Å². The van der Waals surface area contributed by atoms with E-state index in [-0.39, 0.29) is 5.69 Å². The third-order valence-electron chi connectivity index (χ3n) is 2.81. The minimum Gasteiger partial charge on any atom is -0.423 e. The first-order valence-corrected chi connectivity index (χ1v) is 6.74. The van der Waals surface area contributed by atoms with Crippen LogP contribution in [0.25, 0.3) is 6.08 Å². The molecule has 5 nitrogen and oxygen atoms in total. The molecule has 0 saturated carbocycles. The van der Waals surface area contributed by atoms with E-state index in [0.717, 1.165) is 0 Å². The van der Waals surface area contributed by atoms with Gasteiger partial charge in [-0.15, -0.1) is 0 Å². The van der Waals surface area contributed by atoms with Gasteiger partial charge in [0.1, 0.15) is 5.75 Å². The van der Waals surface area contributed by atoms with Crippen molar-refractivity contribution in [3.05, 3.63) is 74.8 Å². The Bertz CT molecular complexity index is 738. The highest BCUT2D eigenvalue weighted by Gasteiger charge is 2.09. The quantitative estimate of drug-likeness (QED) is 0.278. The fourth-order valence-corrected chi connectivity index (χ4v) is 1.85. The smallest absolute Gasteiger partial charge is 0.339 e. The molecule has 22 heavy (non-hydrogen) atoms. The number of non-ortho nitro benzene ring substituents is 1. The number of rotatable bonds is 4. The maximum Gasteiger partial charge on any atom is 0.339 e. The molecule has 0 amide bonds. The number of esters is 1. The Kier molecular flexibility index (Phi) is 4.91. The summed E-state index contributed by atoms with van der Waals surface area (Å²) >= 11 is 5.75. The lowest BCUT2D eigenvalue weighted by Crippen LogP contribution is -2.08. The second-order valence-corrected chi connectivity index (χ2v) is 4.96. The molecule has 112 valence electrons. The molecule has 2 rings (SSSR count). The highest BCUT2D eigenvalue weighted by atomic mass is 35.5. The summed E-state index contributed by atoms with van der Waals surface area (Å²) in [4.78, 5) is 22.2. The molecule has 0 spiro atoms. The number of nitrogens with zero attached hydrogens (tertiary/aromatic N) is 1. The van der Waals surface area contributed by atoms with Crippen LogP contribution in [0.2, 0.25) is 5.02 Å². The number of ether oxygens (including phenoxy) is 1. The Hall–Kier alpha value is -2.66. The number of carbonyl (C=O) groups excluding carboxylic acids is 1. The Morgan fingerprint density at radius 1 is 1.23 bits per heavy atom. The molecule has 6 heteroatoms. The molecule has 0 aromatic heterocycles. The molecule has 0 aliphatic rings. The van der Waals surface area contributed by atoms with E-state index in [9.17, 15) is 14.9 Å². The van der Waals surface area contributed by atoms with Gasteiger partial charge in [0, 0.05) is 22.7 Å². The van der Waals surface area contributed by atoms with E-state index in [0.29, 0.717) is 21.9 Å². The molecular formula is C16H12ClNO4. The third kappa shape index (κ3) is 4.17. The molecule has 2 aromatic carbocycles. The van der Waals surface area contributed by atoms with E-state index >= 15 is 0 Å². The van der Waals surface area contributed by atoms with Crippen molar-refractivity contribution in [1.29, 1.82) is 0 Å². The normalized spacial score (nSPS) is 11.1. The lowest BCUT2D eigenvalue weighted by molar-refractivity contribution is -0.384. The Balaban J connectivity index is 2.14. The van der Waals surface area contributed by atoms with Crippen LogP contribution in [0.3, 0.4) is 0 Å². The molecule has 0 N–H and O–H groups in total. The van der Waals surface area contributed by atoms with Crippen molar-refractivity contribution in [2.24, 2.45) is 0 Å². The summed E-state index contributed by atoms with van der Waals surface area (Å²) in [6.07, 6.45) is 1.53. The van der Waals surface area contributed by atoms with Gasteiger partial charge in [0.05, 0.1) is 4.92 Å². The lowest BCUT2D eigenvalue weighted by Gasteiger charge is -2.04.